The van der Waals surface area contributed by atoms with Crippen LogP contribution in [0.4, 0.5) is 28.8 Å². The monoisotopic (exact) mass is 560 g/mol. The van der Waals surface area contributed by atoms with E-state index in [2.05, 4.69) is 67.2 Å². The van der Waals surface area contributed by atoms with E-state index in [4.69, 9.17) is 11.6 Å². The van der Waals surface area contributed by atoms with Crippen LogP contribution in [0.3, 0.4) is 0 Å². The summed E-state index contributed by atoms with van der Waals surface area (Å²) in [6.07, 6.45) is 8.02. The number of fused-ring (bicyclic) bond motifs is 1. The van der Waals surface area contributed by atoms with Gasteiger partial charge in [-0.2, -0.15) is 0 Å². The summed E-state index contributed by atoms with van der Waals surface area (Å²) in [5.41, 5.74) is 3.48. The SMILES string of the molecule is [C-]#[N+]c1ncc(N2CCC[C@@H](n3ccc4cc(C5CC5)ccc4c3=O)C2)nc1Nc1ccc(N2CCN(C)CC2)cc1. The summed E-state index contributed by atoms with van der Waals surface area (Å²) in [5, 5.41) is 5.14. The Morgan fingerprint density at radius 2 is 1.76 bits per heavy atom. The maximum Gasteiger partial charge on any atom is 0.312 e. The number of pyridine rings is 1. The quantitative estimate of drug-likeness (QED) is 0.310. The molecule has 2 saturated heterocycles. The maximum atomic E-state index is 13.5. The molecule has 2 aromatic heterocycles. The third-order valence-electron chi connectivity index (χ3n) is 8.96. The van der Waals surface area contributed by atoms with Crippen LogP contribution in [0.25, 0.3) is 15.6 Å². The van der Waals surface area contributed by atoms with Crippen LogP contribution in [0.1, 0.15) is 43.2 Å². The standard InChI is InChI=1S/C33H36N8O/c1-34-31-32(36-26-8-10-27(11-9-26)39-18-16-38(2)17-19-39)37-30(21-35-31)40-14-3-4-28(22-40)41-15-13-25-20-24(23-5-6-23)7-12-29(25)33(41)42/h7-13,15,20-21,23,28H,3-6,14,16-19,22H2,2H3,(H,36,37)/t28-/m1/s1. The Morgan fingerprint density at radius 1 is 0.952 bits per heavy atom. The molecule has 2 aromatic carbocycles. The average molecular weight is 561 g/mol. The fourth-order valence-corrected chi connectivity index (χ4v) is 6.28. The fraction of sp³-hybridized carbons (Fsp3) is 0.394. The van der Waals surface area contributed by atoms with Crippen molar-refractivity contribution in [1.82, 2.24) is 19.4 Å². The zero-order valence-electron chi connectivity index (χ0n) is 24.0. The second kappa shape index (κ2) is 11.1. The Bertz CT molecular complexity index is 1700. The van der Waals surface area contributed by atoms with Crippen LogP contribution in [0.15, 0.2) is 65.7 Å². The lowest BCUT2D eigenvalue weighted by Crippen LogP contribution is -2.44. The number of hydrogen-bond donors (Lipinski definition) is 1. The molecule has 1 saturated carbocycles. The predicted octanol–water partition coefficient (Wildman–Crippen LogP) is 5.56. The van der Waals surface area contributed by atoms with Crippen molar-refractivity contribution in [2.45, 2.75) is 37.6 Å². The van der Waals surface area contributed by atoms with Crippen molar-refractivity contribution in [3.05, 3.63) is 88.3 Å². The van der Waals surface area contributed by atoms with E-state index in [9.17, 15) is 4.79 Å². The number of nitrogens with one attached hydrogen (secondary N) is 1. The molecular weight excluding hydrogens is 524 g/mol. The van der Waals surface area contributed by atoms with Crippen molar-refractivity contribution >= 4 is 39.6 Å². The van der Waals surface area contributed by atoms with E-state index < -0.39 is 0 Å². The van der Waals surface area contributed by atoms with Gasteiger partial charge in [-0.05, 0) is 86.0 Å². The molecule has 7 rings (SSSR count). The van der Waals surface area contributed by atoms with Crippen LogP contribution in [-0.2, 0) is 0 Å². The molecule has 1 N–H and O–H groups in total. The summed E-state index contributed by atoms with van der Waals surface area (Å²) in [6.45, 7) is 13.3. The third-order valence-corrected chi connectivity index (χ3v) is 8.96. The van der Waals surface area contributed by atoms with Gasteiger partial charge in [0.1, 0.15) is 0 Å². The van der Waals surface area contributed by atoms with Gasteiger partial charge in [0, 0.05) is 62.2 Å². The van der Waals surface area contributed by atoms with Crippen LogP contribution >= 0.6 is 0 Å². The second-order valence-electron chi connectivity index (χ2n) is 11.9. The fourth-order valence-electron chi connectivity index (χ4n) is 6.28. The molecule has 42 heavy (non-hydrogen) atoms. The van der Waals surface area contributed by atoms with E-state index in [0.717, 1.165) is 62.0 Å². The van der Waals surface area contributed by atoms with Gasteiger partial charge in [-0.1, -0.05) is 18.7 Å². The number of piperazine rings is 1. The number of piperidine rings is 1. The third kappa shape index (κ3) is 5.30. The number of hydrogen-bond acceptors (Lipinski definition) is 7. The molecular formula is C33H36N8O. The van der Waals surface area contributed by atoms with Gasteiger partial charge in [-0.15, -0.1) is 4.98 Å². The molecule has 4 heterocycles. The van der Waals surface area contributed by atoms with E-state index in [0.29, 0.717) is 24.1 Å². The normalized spacial score (nSPS) is 19.6. The molecule has 0 amide bonds. The molecule has 1 aliphatic carbocycles. The predicted molar refractivity (Wildman–Crippen MR) is 168 cm³/mol. The van der Waals surface area contributed by atoms with Crippen LogP contribution in [0.5, 0.6) is 0 Å². The molecule has 214 valence electrons. The van der Waals surface area contributed by atoms with E-state index in [-0.39, 0.29) is 17.4 Å². The lowest BCUT2D eigenvalue weighted by molar-refractivity contribution is 0.313. The Labute approximate surface area is 246 Å². The Kier molecular flexibility index (Phi) is 7.00. The number of benzene rings is 2. The van der Waals surface area contributed by atoms with Crippen molar-refractivity contribution in [3.8, 4) is 0 Å². The van der Waals surface area contributed by atoms with Crippen LogP contribution in [0.2, 0.25) is 0 Å². The summed E-state index contributed by atoms with van der Waals surface area (Å²) in [5.74, 6) is 2.07. The van der Waals surface area contributed by atoms with Gasteiger partial charge in [0.2, 0.25) is 0 Å². The molecule has 1 atom stereocenters. The van der Waals surface area contributed by atoms with Gasteiger partial charge in [0.05, 0.1) is 6.04 Å². The highest BCUT2D eigenvalue weighted by Gasteiger charge is 2.26. The summed E-state index contributed by atoms with van der Waals surface area (Å²) in [7, 11) is 2.16. The highest BCUT2D eigenvalue weighted by molar-refractivity contribution is 5.82. The van der Waals surface area contributed by atoms with Gasteiger partial charge in [0.15, 0.2) is 17.8 Å². The second-order valence-corrected chi connectivity index (χ2v) is 11.9. The molecule has 4 aromatic rings. The highest BCUT2D eigenvalue weighted by atomic mass is 16.1. The first-order valence-corrected chi connectivity index (χ1v) is 15.0. The lowest BCUT2D eigenvalue weighted by atomic mass is 10.0. The van der Waals surface area contributed by atoms with Crippen LogP contribution in [-0.4, -0.2) is 65.8 Å². The topological polar surface area (TPSA) is 73.9 Å². The van der Waals surface area contributed by atoms with Gasteiger partial charge < -0.3 is 29.4 Å². The zero-order valence-corrected chi connectivity index (χ0v) is 24.0. The summed E-state index contributed by atoms with van der Waals surface area (Å²) in [6, 6.07) is 16.8. The van der Waals surface area contributed by atoms with Crippen molar-refractivity contribution in [1.29, 1.82) is 0 Å². The maximum absolute atomic E-state index is 13.5. The molecule has 3 fully saturated rings. The minimum absolute atomic E-state index is 0.0413. The number of likely N-dealkylation sites (N-methyl/N-ethyl adjacent to an activating group) is 1. The van der Waals surface area contributed by atoms with Crippen molar-refractivity contribution in [3.63, 3.8) is 0 Å². The molecule has 9 nitrogen and oxygen atoms in total. The number of anilines is 4. The minimum Gasteiger partial charge on any atom is -0.369 e. The Balaban J connectivity index is 1.09. The Hall–Kier alpha value is -4.42. The van der Waals surface area contributed by atoms with Crippen molar-refractivity contribution in [2.75, 3.05) is 61.4 Å². The first-order chi connectivity index (χ1) is 20.6. The molecule has 0 unspecified atom stereocenters. The minimum atomic E-state index is 0.0413. The highest BCUT2D eigenvalue weighted by Crippen LogP contribution is 2.40. The van der Waals surface area contributed by atoms with E-state index in [1.165, 1.54) is 24.1 Å². The smallest absolute Gasteiger partial charge is 0.312 e. The van der Waals surface area contributed by atoms with Crippen LogP contribution in [0, 0.1) is 6.57 Å². The van der Waals surface area contributed by atoms with Crippen LogP contribution < -0.4 is 20.7 Å². The molecule has 9 heteroatoms. The molecule has 0 spiro atoms. The summed E-state index contributed by atoms with van der Waals surface area (Å²) < 4.78 is 1.90. The van der Waals surface area contributed by atoms with Crippen molar-refractivity contribution < 1.29 is 0 Å². The van der Waals surface area contributed by atoms with Gasteiger partial charge >= 0.3 is 5.82 Å². The first-order valence-electron chi connectivity index (χ1n) is 15.0. The molecule has 0 radical (unpaired) electrons. The van der Waals surface area contributed by atoms with E-state index in [1.54, 1.807) is 6.20 Å². The van der Waals surface area contributed by atoms with E-state index in [1.807, 2.05) is 29.0 Å². The number of nitrogens with zero attached hydrogens (tertiary/aromatic N) is 7. The summed E-state index contributed by atoms with van der Waals surface area (Å²) in [4.78, 5) is 33.4. The molecule has 0 bridgehead atoms. The molecule has 2 aliphatic heterocycles. The lowest BCUT2D eigenvalue weighted by Gasteiger charge is -2.34. The number of rotatable bonds is 6. The average Bonchev–Trinajstić information content (AvgIpc) is 3.88. The van der Waals surface area contributed by atoms with Gasteiger partial charge in [0.25, 0.3) is 5.56 Å². The first kappa shape index (κ1) is 26.5. The van der Waals surface area contributed by atoms with Gasteiger partial charge in [-0.3, -0.25) is 4.79 Å². The van der Waals surface area contributed by atoms with Gasteiger partial charge in [-0.25, -0.2) is 4.98 Å². The zero-order chi connectivity index (χ0) is 28.6. The summed E-state index contributed by atoms with van der Waals surface area (Å²) >= 11 is 0. The number of aromatic nitrogens is 3. The van der Waals surface area contributed by atoms with Crippen molar-refractivity contribution in [2.24, 2.45) is 0 Å². The Morgan fingerprint density at radius 3 is 2.52 bits per heavy atom. The van der Waals surface area contributed by atoms with E-state index >= 15 is 0 Å². The largest absolute Gasteiger partial charge is 0.369 e. The molecule has 3 aliphatic rings.